The fraction of sp³-hybridized carbons (Fsp3) is 0.286. The molecule has 2 N–H and O–H groups in total. The van der Waals surface area contributed by atoms with Crippen LogP contribution in [-0.2, 0) is 20.9 Å². The van der Waals surface area contributed by atoms with Crippen LogP contribution in [0, 0.1) is 6.92 Å². The molecule has 2 aromatic carbocycles. The van der Waals surface area contributed by atoms with Crippen molar-refractivity contribution in [2.24, 2.45) is 0 Å². The van der Waals surface area contributed by atoms with Crippen molar-refractivity contribution in [1.82, 2.24) is 5.32 Å². The highest BCUT2D eigenvalue weighted by Gasteiger charge is 2.21. The average molecular weight is 398 g/mol. The molecule has 0 aliphatic carbocycles. The van der Waals surface area contributed by atoms with Crippen molar-refractivity contribution in [1.29, 1.82) is 0 Å². The van der Waals surface area contributed by atoms with Gasteiger partial charge < -0.3 is 15.4 Å². The van der Waals surface area contributed by atoms with Crippen molar-refractivity contribution in [3.05, 3.63) is 59.2 Å². The Morgan fingerprint density at radius 2 is 1.96 bits per heavy atom. The van der Waals surface area contributed by atoms with E-state index in [1.807, 2.05) is 31.2 Å². The first-order chi connectivity index (χ1) is 13.4. The Kier molecular flexibility index (Phi) is 6.36. The molecule has 146 valence electrons. The van der Waals surface area contributed by atoms with E-state index in [1.54, 1.807) is 30.0 Å². The Labute approximate surface area is 168 Å². The van der Waals surface area contributed by atoms with Crippen molar-refractivity contribution >= 4 is 35.2 Å². The third kappa shape index (κ3) is 5.13. The molecule has 28 heavy (non-hydrogen) atoms. The molecule has 0 fully saturated rings. The molecule has 1 heterocycles. The van der Waals surface area contributed by atoms with Gasteiger partial charge in [0.1, 0.15) is 0 Å². The number of carbonyl (C=O) groups excluding carboxylic acids is 3. The summed E-state index contributed by atoms with van der Waals surface area (Å²) >= 11 is 1.56. The van der Waals surface area contributed by atoms with Gasteiger partial charge in [-0.05, 0) is 37.6 Å². The lowest BCUT2D eigenvalue weighted by molar-refractivity contribution is -0.129. The van der Waals surface area contributed by atoms with Crippen LogP contribution < -0.4 is 10.6 Å². The minimum Gasteiger partial charge on any atom is -0.449 e. The molecule has 0 saturated heterocycles. The summed E-state index contributed by atoms with van der Waals surface area (Å²) in [5, 5.41) is 5.55. The molecule has 0 saturated carbocycles. The molecule has 7 heteroatoms. The van der Waals surface area contributed by atoms with E-state index < -0.39 is 12.1 Å². The van der Waals surface area contributed by atoms with E-state index in [4.69, 9.17) is 4.74 Å². The number of nitrogens with one attached hydrogen (secondary N) is 2. The average Bonchev–Trinajstić information content (AvgIpc) is 2.86. The molecule has 1 atom stereocenters. The highest BCUT2D eigenvalue weighted by atomic mass is 32.2. The fourth-order valence-corrected chi connectivity index (χ4v) is 3.60. The molecule has 2 amide bonds. The summed E-state index contributed by atoms with van der Waals surface area (Å²) in [6, 6.07) is 12.8. The number of thioether (sulfide) groups is 1. The Hall–Kier alpha value is -2.80. The number of ether oxygens (including phenoxy) is 1. The highest BCUT2D eigenvalue weighted by molar-refractivity contribution is 7.99. The number of hydrogen-bond acceptors (Lipinski definition) is 5. The maximum Gasteiger partial charge on any atom is 0.338 e. The van der Waals surface area contributed by atoms with Crippen LogP contribution in [0.4, 0.5) is 5.69 Å². The zero-order chi connectivity index (χ0) is 20.1. The quantitative estimate of drug-likeness (QED) is 0.755. The smallest absolute Gasteiger partial charge is 0.338 e. The van der Waals surface area contributed by atoms with Gasteiger partial charge in [-0.15, -0.1) is 11.8 Å². The summed E-state index contributed by atoms with van der Waals surface area (Å²) in [6.07, 6.45) is -0.502. The monoisotopic (exact) mass is 398 g/mol. The molecule has 0 radical (unpaired) electrons. The Balaban J connectivity index is 1.58. The number of esters is 1. The number of rotatable bonds is 5. The van der Waals surface area contributed by atoms with E-state index in [-0.39, 0.29) is 11.8 Å². The van der Waals surface area contributed by atoms with E-state index in [9.17, 15) is 14.4 Å². The molecule has 1 aliphatic heterocycles. The van der Waals surface area contributed by atoms with Gasteiger partial charge in [0, 0.05) is 23.6 Å². The zero-order valence-corrected chi connectivity index (χ0v) is 16.6. The van der Waals surface area contributed by atoms with E-state index in [1.165, 1.54) is 6.92 Å². The van der Waals surface area contributed by atoms with Crippen LogP contribution in [0.3, 0.4) is 0 Å². The van der Waals surface area contributed by atoms with Gasteiger partial charge in [0.05, 0.1) is 11.3 Å². The van der Waals surface area contributed by atoms with Crippen molar-refractivity contribution in [3.63, 3.8) is 0 Å². The number of fused-ring (bicyclic) bond motifs is 1. The maximum absolute atomic E-state index is 12.4. The van der Waals surface area contributed by atoms with Crippen LogP contribution in [-0.4, -0.2) is 29.6 Å². The number of anilines is 1. The van der Waals surface area contributed by atoms with Gasteiger partial charge in [0.15, 0.2) is 6.10 Å². The molecule has 1 aliphatic rings. The van der Waals surface area contributed by atoms with E-state index in [0.717, 1.165) is 16.0 Å². The van der Waals surface area contributed by atoms with Crippen molar-refractivity contribution in [2.75, 3.05) is 11.1 Å². The van der Waals surface area contributed by atoms with Gasteiger partial charge in [-0.1, -0.05) is 29.8 Å². The van der Waals surface area contributed by atoms with Crippen LogP contribution in [0.1, 0.15) is 34.8 Å². The second-order valence-electron chi connectivity index (χ2n) is 6.61. The normalized spacial score (nSPS) is 14.3. The highest BCUT2D eigenvalue weighted by Crippen LogP contribution is 2.31. The first-order valence-corrected chi connectivity index (χ1v) is 10.0. The zero-order valence-electron chi connectivity index (χ0n) is 15.8. The van der Waals surface area contributed by atoms with Gasteiger partial charge in [-0.2, -0.15) is 0 Å². The second-order valence-corrected chi connectivity index (χ2v) is 7.75. The van der Waals surface area contributed by atoms with Crippen LogP contribution in [0.15, 0.2) is 47.4 Å². The first kappa shape index (κ1) is 19.9. The second kappa shape index (κ2) is 8.93. The topological polar surface area (TPSA) is 84.5 Å². The van der Waals surface area contributed by atoms with Crippen molar-refractivity contribution in [2.45, 2.75) is 37.8 Å². The molecule has 2 aromatic rings. The predicted molar refractivity (Wildman–Crippen MR) is 108 cm³/mol. The van der Waals surface area contributed by atoms with Crippen molar-refractivity contribution in [3.8, 4) is 0 Å². The van der Waals surface area contributed by atoms with Crippen LogP contribution in [0.5, 0.6) is 0 Å². The largest absolute Gasteiger partial charge is 0.449 e. The molecule has 0 bridgehead atoms. The summed E-state index contributed by atoms with van der Waals surface area (Å²) in [6.45, 7) is 3.89. The lowest BCUT2D eigenvalue weighted by Crippen LogP contribution is -2.35. The van der Waals surface area contributed by atoms with Gasteiger partial charge in [0.2, 0.25) is 5.91 Å². The number of carbonyl (C=O) groups is 3. The van der Waals surface area contributed by atoms with Crippen LogP contribution >= 0.6 is 11.8 Å². The minimum absolute atomic E-state index is 0.0828. The molecule has 0 spiro atoms. The van der Waals surface area contributed by atoms with Gasteiger partial charge in [-0.3, -0.25) is 9.59 Å². The molecule has 0 aromatic heterocycles. The predicted octanol–water partition coefficient (Wildman–Crippen LogP) is 3.29. The third-order valence-corrected chi connectivity index (χ3v) is 5.39. The summed E-state index contributed by atoms with van der Waals surface area (Å²) in [4.78, 5) is 37.2. The number of hydrogen-bond donors (Lipinski definition) is 2. The van der Waals surface area contributed by atoms with Crippen LogP contribution in [0.2, 0.25) is 0 Å². The SMILES string of the molecule is Cc1ccc(CNC(=O)[C@@H](C)OC(=O)c2ccc3c(c2)NC(=O)CCS3)cc1. The van der Waals surface area contributed by atoms with Gasteiger partial charge in [0.25, 0.3) is 5.91 Å². The number of benzene rings is 2. The number of aryl methyl sites for hydroxylation is 1. The fourth-order valence-electron chi connectivity index (χ4n) is 2.67. The Morgan fingerprint density at radius 3 is 2.71 bits per heavy atom. The summed E-state index contributed by atoms with van der Waals surface area (Å²) in [5.74, 6) is -0.363. The molecular formula is C21H22N2O4S. The Bertz CT molecular complexity index is 896. The van der Waals surface area contributed by atoms with Crippen molar-refractivity contribution < 1.29 is 19.1 Å². The minimum atomic E-state index is -0.930. The van der Waals surface area contributed by atoms with Crippen LogP contribution in [0.25, 0.3) is 0 Å². The summed E-state index contributed by atoms with van der Waals surface area (Å²) in [5.41, 5.74) is 3.00. The molecule has 6 nitrogen and oxygen atoms in total. The van der Waals surface area contributed by atoms with Gasteiger partial charge >= 0.3 is 5.97 Å². The summed E-state index contributed by atoms with van der Waals surface area (Å²) < 4.78 is 5.28. The van der Waals surface area contributed by atoms with E-state index in [2.05, 4.69) is 10.6 Å². The maximum atomic E-state index is 12.4. The Morgan fingerprint density at radius 1 is 1.21 bits per heavy atom. The standard InChI is InChI=1S/C21H22N2O4S/c1-13-3-5-15(6-4-13)12-22-20(25)14(2)27-21(26)16-7-8-18-17(11-16)23-19(24)9-10-28-18/h3-8,11,14H,9-10,12H2,1-2H3,(H,22,25)(H,23,24)/t14-/m1/s1. The molecule has 0 unspecified atom stereocenters. The molecular weight excluding hydrogens is 376 g/mol. The third-order valence-electron chi connectivity index (χ3n) is 4.32. The van der Waals surface area contributed by atoms with Gasteiger partial charge in [-0.25, -0.2) is 4.79 Å². The van der Waals surface area contributed by atoms with E-state index in [0.29, 0.717) is 30.0 Å². The number of amides is 2. The lowest BCUT2D eigenvalue weighted by atomic mass is 10.1. The summed E-state index contributed by atoms with van der Waals surface area (Å²) in [7, 11) is 0. The molecule has 3 rings (SSSR count). The lowest BCUT2D eigenvalue weighted by Gasteiger charge is -2.14. The first-order valence-electron chi connectivity index (χ1n) is 9.03. The van der Waals surface area contributed by atoms with E-state index >= 15 is 0 Å².